The van der Waals surface area contributed by atoms with E-state index < -0.39 is 0 Å². The van der Waals surface area contributed by atoms with Crippen molar-refractivity contribution in [2.45, 2.75) is 32.2 Å². The van der Waals surface area contributed by atoms with Gasteiger partial charge < -0.3 is 14.2 Å². The molecule has 4 rings (SSSR count). The lowest BCUT2D eigenvalue weighted by Crippen LogP contribution is -2.24. The highest BCUT2D eigenvalue weighted by Gasteiger charge is 2.33. The fraction of sp³-hybridized carbons (Fsp3) is 0.318. The van der Waals surface area contributed by atoms with Crippen molar-refractivity contribution >= 4 is 5.91 Å². The molecule has 0 radical (unpaired) electrons. The Hall–Kier alpha value is -3.15. The van der Waals surface area contributed by atoms with Crippen molar-refractivity contribution in [1.29, 1.82) is 0 Å². The quantitative estimate of drug-likeness (QED) is 0.621. The number of ether oxygens (including phenoxy) is 1. The van der Waals surface area contributed by atoms with Gasteiger partial charge in [-0.3, -0.25) is 4.79 Å². The van der Waals surface area contributed by atoms with E-state index in [9.17, 15) is 4.79 Å². The normalized spacial score (nSPS) is 16.5. The topological polar surface area (TPSA) is 68.5 Å². The van der Waals surface area contributed by atoms with Crippen LogP contribution in [0.3, 0.4) is 0 Å². The maximum Gasteiger partial charge on any atom is 0.257 e. The average molecular weight is 377 g/mol. The minimum absolute atomic E-state index is 0.0409. The minimum Gasteiger partial charge on any atom is -0.494 e. The van der Waals surface area contributed by atoms with Crippen molar-refractivity contribution in [2.75, 3.05) is 13.2 Å². The molecule has 2 aromatic carbocycles. The molecule has 1 saturated heterocycles. The summed E-state index contributed by atoms with van der Waals surface area (Å²) < 4.78 is 11.0. The molecule has 0 N–H and O–H groups in total. The fourth-order valence-corrected chi connectivity index (χ4v) is 3.33. The molecule has 1 fully saturated rings. The number of carbonyl (C=O) groups is 1. The second-order valence-electron chi connectivity index (χ2n) is 6.99. The van der Waals surface area contributed by atoms with Crippen molar-refractivity contribution in [1.82, 2.24) is 15.0 Å². The zero-order chi connectivity index (χ0) is 19.3. The largest absolute Gasteiger partial charge is 0.494 e. The summed E-state index contributed by atoms with van der Waals surface area (Å²) in [6.07, 6.45) is 1.39. The summed E-state index contributed by atoms with van der Waals surface area (Å²) in [7, 11) is 0. The summed E-state index contributed by atoms with van der Waals surface area (Å²) in [6.45, 7) is 3.96. The SMILES string of the molecule is CCCOc1ccc(CN2CC(c3noc(-c4ccccc4)n3)CC2=O)cc1. The molecule has 6 nitrogen and oxygen atoms in total. The van der Waals surface area contributed by atoms with E-state index in [0.717, 1.165) is 23.3 Å². The zero-order valence-electron chi connectivity index (χ0n) is 15.9. The van der Waals surface area contributed by atoms with Crippen molar-refractivity contribution < 1.29 is 14.1 Å². The number of hydrogen-bond donors (Lipinski definition) is 0. The lowest BCUT2D eigenvalue weighted by molar-refractivity contribution is -0.128. The number of amides is 1. The van der Waals surface area contributed by atoms with E-state index in [2.05, 4.69) is 17.1 Å². The molecular weight excluding hydrogens is 354 g/mol. The van der Waals surface area contributed by atoms with Crippen LogP contribution in [-0.4, -0.2) is 34.1 Å². The Kier molecular flexibility index (Phi) is 5.37. The third-order valence-electron chi connectivity index (χ3n) is 4.81. The van der Waals surface area contributed by atoms with Crippen LogP contribution in [0.15, 0.2) is 59.1 Å². The molecule has 1 atom stereocenters. The molecule has 1 aromatic heterocycles. The Bertz CT molecular complexity index is 922. The van der Waals surface area contributed by atoms with Gasteiger partial charge in [-0.15, -0.1) is 0 Å². The molecule has 1 aliphatic heterocycles. The molecule has 1 aliphatic rings. The lowest BCUT2D eigenvalue weighted by atomic mass is 10.1. The van der Waals surface area contributed by atoms with Gasteiger partial charge in [0.1, 0.15) is 5.75 Å². The molecule has 0 bridgehead atoms. The van der Waals surface area contributed by atoms with Crippen LogP contribution < -0.4 is 4.74 Å². The van der Waals surface area contributed by atoms with Gasteiger partial charge in [0.05, 0.1) is 6.61 Å². The third kappa shape index (κ3) is 4.06. The van der Waals surface area contributed by atoms with Gasteiger partial charge in [-0.1, -0.05) is 42.4 Å². The smallest absolute Gasteiger partial charge is 0.257 e. The number of nitrogens with zero attached hydrogens (tertiary/aromatic N) is 3. The molecule has 6 heteroatoms. The van der Waals surface area contributed by atoms with Gasteiger partial charge in [0, 0.05) is 31.0 Å². The number of hydrogen-bond acceptors (Lipinski definition) is 5. The highest BCUT2D eigenvalue weighted by atomic mass is 16.5. The van der Waals surface area contributed by atoms with E-state index in [0.29, 0.717) is 37.8 Å². The summed E-state index contributed by atoms with van der Waals surface area (Å²) >= 11 is 0. The molecule has 2 heterocycles. The Morgan fingerprint density at radius 1 is 1.14 bits per heavy atom. The van der Waals surface area contributed by atoms with Crippen molar-refractivity contribution in [3.63, 3.8) is 0 Å². The van der Waals surface area contributed by atoms with Gasteiger partial charge in [-0.25, -0.2) is 0 Å². The molecule has 1 unspecified atom stereocenters. The van der Waals surface area contributed by atoms with Crippen LogP contribution in [0.4, 0.5) is 0 Å². The Labute approximate surface area is 164 Å². The standard InChI is InChI=1S/C22H23N3O3/c1-2-12-27-19-10-8-16(9-11-19)14-25-15-18(13-20(25)26)21-23-22(28-24-21)17-6-4-3-5-7-17/h3-11,18H,2,12-15H2,1H3. The van der Waals surface area contributed by atoms with Crippen LogP contribution in [0.1, 0.15) is 37.1 Å². The van der Waals surface area contributed by atoms with Crippen molar-refractivity contribution in [3.8, 4) is 17.2 Å². The summed E-state index contributed by atoms with van der Waals surface area (Å²) in [5.74, 6) is 2.02. The maximum atomic E-state index is 12.5. The molecule has 28 heavy (non-hydrogen) atoms. The second kappa shape index (κ2) is 8.25. The molecular formula is C22H23N3O3. The second-order valence-corrected chi connectivity index (χ2v) is 6.99. The Morgan fingerprint density at radius 2 is 1.93 bits per heavy atom. The molecule has 0 spiro atoms. The van der Waals surface area contributed by atoms with E-state index in [1.54, 1.807) is 0 Å². The summed E-state index contributed by atoms with van der Waals surface area (Å²) in [5.41, 5.74) is 1.96. The van der Waals surface area contributed by atoms with Crippen molar-refractivity contribution in [3.05, 3.63) is 66.0 Å². The van der Waals surface area contributed by atoms with Crippen LogP contribution >= 0.6 is 0 Å². The maximum absolute atomic E-state index is 12.5. The predicted molar refractivity (Wildman–Crippen MR) is 105 cm³/mol. The first-order valence-electron chi connectivity index (χ1n) is 9.61. The number of aromatic nitrogens is 2. The minimum atomic E-state index is -0.0409. The van der Waals surface area contributed by atoms with Gasteiger partial charge in [-0.05, 0) is 36.2 Å². The van der Waals surface area contributed by atoms with Gasteiger partial charge in [0.15, 0.2) is 5.82 Å². The number of rotatable bonds is 7. The van der Waals surface area contributed by atoms with Gasteiger partial charge in [0.25, 0.3) is 5.89 Å². The first kappa shape index (κ1) is 18.2. The van der Waals surface area contributed by atoms with Crippen LogP contribution in [0.2, 0.25) is 0 Å². The van der Waals surface area contributed by atoms with Gasteiger partial charge >= 0.3 is 0 Å². The summed E-state index contributed by atoms with van der Waals surface area (Å²) in [4.78, 5) is 18.8. The molecule has 0 saturated carbocycles. The average Bonchev–Trinajstić information content (AvgIpc) is 3.36. The number of carbonyl (C=O) groups excluding carboxylic acids is 1. The van der Waals surface area contributed by atoms with E-state index in [1.165, 1.54) is 0 Å². The Balaban J connectivity index is 1.39. The molecule has 0 aliphatic carbocycles. The first-order valence-corrected chi connectivity index (χ1v) is 9.61. The van der Waals surface area contributed by atoms with E-state index in [-0.39, 0.29) is 11.8 Å². The number of benzene rings is 2. The summed E-state index contributed by atoms with van der Waals surface area (Å²) in [6, 6.07) is 17.6. The first-order chi connectivity index (χ1) is 13.7. The van der Waals surface area contributed by atoms with E-state index >= 15 is 0 Å². The van der Waals surface area contributed by atoms with Gasteiger partial charge in [-0.2, -0.15) is 4.98 Å². The lowest BCUT2D eigenvalue weighted by Gasteiger charge is -2.16. The number of likely N-dealkylation sites (tertiary alicyclic amines) is 1. The van der Waals surface area contributed by atoms with Crippen LogP contribution in [0.5, 0.6) is 5.75 Å². The molecule has 3 aromatic rings. The highest BCUT2D eigenvalue weighted by Crippen LogP contribution is 2.29. The van der Waals surface area contributed by atoms with Crippen LogP contribution in [0, 0.1) is 0 Å². The Morgan fingerprint density at radius 3 is 2.68 bits per heavy atom. The fourth-order valence-electron chi connectivity index (χ4n) is 3.33. The zero-order valence-corrected chi connectivity index (χ0v) is 15.9. The monoisotopic (exact) mass is 377 g/mol. The third-order valence-corrected chi connectivity index (χ3v) is 4.81. The van der Waals surface area contributed by atoms with E-state index in [4.69, 9.17) is 9.26 Å². The predicted octanol–water partition coefficient (Wildman–Crippen LogP) is 4.04. The molecule has 1 amide bonds. The van der Waals surface area contributed by atoms with E-state index in [1.807, 2.05) is 59.5 Å². The van der Waals surface area contributed by atoms with Crippen LogP contribution in [-0.2, 0) is 11.3 Å². The molecule has 144 valence electrons. The van der Waals surface area contributed by atoms with Crippen LogP contribution in [0.25, 0.3) is 11.5 Å². The van der Waals surface area contributed by atoms with Gasteiger partial charge in [0.2, 0.25) is 5.91 Å². The van der Waals surface area contributed by atoms with Crippen molar-refractivity contribution in [2.24, 2.45) is 0 Å². The highest BCUT2D eigenvalue weighted by molar-refractivity contribution is 5.79. The summed E-state index contributed by atoms with van der Waals surface area (Å²) in [5, 5.41) is 4.11.